The molecule has 0 saturated carbocycles. The molecule has 2 N–H and O–H groups in total. The normalized spacial score (nSPS) is 10.8. The average Bonchev–Trinajstić information content (AvgIpc) is 3.20. The molecule has 2 aromatic heterocycles. The van der Waals surface area contributed by atoms with Crippen LogP contribution in [-0.4, -0.2) is 31.2 Å². The molecule has 0 aliphatic heterocycles. The number of aryl methyl sites for hydroxylation is 2. The van der Waals surface area contributed by atoms with E-state index in [0.29, 0.717) is 22.5 Å². The fraction of sp³-hybridized carbons (Fsp3) is 0.278. The quantitative estimate of drug-likeness (QED) is 0.442. The zero-order chi connectivity index (χ0) is 19.2. The molecule has 0 amide bonds. The third-order valence-corrected chi connectivity index (χ3v) is 4.89. The zero-order valence-electron chi connectivity index (χ0n) is 14.8. The largest absolute Gasteiger partial charge is 0.362 e. The van der Waals surface area contributed by atoms with E-state index in [-0.39, 0.29) is 0 Å². The smallest absolute Gasteiger partial charge is 0.171 e. The van der Waals surface area contributed by atoms with Crippen molar-refractivity contribution in [1.82, 2.24) is 24.9 Å². The summed E-state index contributed by atoms with van der Waals surface area (Å²) in [7, 11) is 0. The highest BCUT2D eigenvalue weighted by molar-refractivity contribution is 7.80. The summed E-state index contributed by atoms with van der Waals surface area (Å²) in [5.41, 5.74) is 1.86. The number of aromatic nitrogens is 4. The number of hydrogen-bond acceptors (Lipinski definition) is 3. The van der Waals surface area contributed by atoms with Gasteiger partial charge in [-0.15, -0.1) is 0 Å². The molecule has 142 valence electrons. The van der Waals surface area contributed by atoms with Gasteiger partial charge in [-0.1, -0.05) is 41.4 Å². The summed E-state index contributed by atoms with van der Waals surface area (Å²) in [5.74, 6) is 0.689. The first kappa shape index (κ1) is 19.7. The van der Waals surface area contributed by atoms with Crippen molar-refractivity contribution >= 4 is 46.4 Å². The Labute approximate surface area is 173 Å². The molecule has 27 heavy (non-hydrogen) atoms. The Morgan fingerprint density at radius 2 is 1.93 bits per heavy atom. The van der Waals surface area contributed by atoms with Gasteiger partial charge in [-0.05, 0) is 37.2 Å². The minimum absolute atomic E-state index is 0.535. The van der Waals surface area contributed by atoms with Gasteiger partial charge >= 0.3 is 0 Å². The molecule has 9 heteroatoms. The number of nitrogens with zero attached hydrogens (tertiary/aromatic N) is 4. The third kappa shape index (κ3) is 5.69. The minimum atomic E-state index is 0.535. The van der Waals surface area contributed by atoms with Crippen LogP contribution < -0.4 is 10.6 Å². The molecular weight excluding hydrogens is 403 g/mol. The van der Waals surface area contributed by atoms with E-state index in [2.05, 4.69) is 20.8 Å². The Morgan fingerprint density at radius 3 is 2.67 bits per heavy atom. The molecule has 0 radical (unpaired) electrons. The van der Waals surface area contributed by atoms with Crippen molar-refractivity contribution in [3.8, 4) is 0 Å². The molecule has 0 unspecified atom stereocenters. The Balaban J connectivity index is 1.42. The first-order valence-electron chi connectivity index (χ1n) is 8.52. The van der Waals surface area contributed by atoms with E-state index in [9.17, 15) is 0 Å². The Morgan fingerprint density at radius 1 is 1.11 bits per heavy atom. The Hall–Kier alpha value is -2.09. The van der Waals surface area contributed by atoms with Crippen molar-refractivity contribution in [2.75, 3.05) is 11.9 Å². The van der Waals surface area contributed by atoms with Gasteiger partial charge < -0.3 is 10.6 Å². The molecule has 0 atom stereocenters. The summed E-state index contributed by atoms with van der Waals surface area (Å²) in [6, 6.07) is 9.60. The number of hydrogen-bond donors (Lipinski definition) is 2. The van der Waals surface area contributed by atoms with Gasteiger partial charge in [0, 0.05) is 36.6 Å². The van der Waals surface area contributed by atoms with Crippen LogP contribution in [-0.2, 0) is 13.1 Å². The van der Waals surface area contributed by atoms with Gasteiger partial charge in [-0.25, -0.2) is 0 Å². The molecule has 0 fully saturated rings. The Kier molecular flexibility index (Phi) is 6.71. The van der Waals surface area contributed by atoms with Gasteiger partial charge in [0.15, 0.2) is 10.9 Å². The minimum Gasteiger partial charge on any atom is -0.362 e. The van der Waals surface area contributed by atoms with Crippen LogP contribution in [0.2, 0.25) is 10.0 Å². The van der Waals surface area contributed by atoms with Crippen molar-refractivity contribution in [3.05, 3.63) is 64.0 Å². The number of anilines is 1. The third-order valence-electron chi connectivity index (χ3n) is 3.91. The van der Waals surface area contributed by atoms with Gasteiger partial charge in [-0.2, -0.15) is 10.2 Å². The molecule has 1 aromatic carbocycles. The van der Waals surface area contributed by atoms with E-state index < -0.39 is 0 Å². The van der Waals surface area contributed by atoms with Gasteiger partial charge in [-0.3, -0.25) is 9.36 Å². The summed E-state index contributed by atoms with van der Waals surface area (Å²) in [6.07, 6.45) is 4.59. The lowest BCUT2D eigenvalue weighted by molar-refractivity contribution is 0.570. The summed E-state index contributed by atoms with van der Waals surface area (Å²) >= 11 is 17.5. The molecule has 0 aliphatic carbocycles. The van der Waals surface area contributed by atoms with Crippen LogP contribution in [0.1, 0.15) is 17.7 Å². The topological polar surface area (TPSA) is 59.7 Å². The second-order valence-electron chi connectivity index (χ2n) is 6.05. The van der Waals surface area contributed by atoms with Crippen LogP contribution in [0.5, 0.6) is 0 Å². The van der Waals surface area contributed by atoms with Gasteiger partial charge in [0.05, 0.1) is 17.3 Å². The number of halogens is 2. The molecule has 2 heterocycles. The van der Waals surface area contributed by atoms with Gasteiger partial charge in [0.2, 0.25) is 0 Å². The maximum absolute atomic E-state index is 6.19. The molecule has 0 saturated heterocycles. The summed E-state index contributed by atoms with van der Waals surface area (Å²) in [6.45, 7) is 3.99. The van der Waals surface area contributed by atoms with Crippen LogP contribution in [0.4, 0.5) is 5.82 Å². The van der Waals surface area contributed by atoms with Crippen LogP contribution >= 0.6 is 35.4 Å². The number of nitrogens with one attached hydrogen (secondary N) is 2. The first-order chi connectivity index (χ1) is 13.0. The van der Waals surface area contributed by atoms with E-state index in [1.54, 1.807) is 0 Å². The van der Waals surface area contributed by atoms with E-state index in [0.717, 1.165) is 35.8 Å². The van der Waals surface area contributed by atoms with Crippen molar-refractivity contribution in [2.24, 2.45) is 0 Å². The molecule has 0 bridgehead atoms. The van der Waals surface area contributed by atoms with Crippen molar-refractivity contribution in [1.29, 1.82) is 0 Å². The lowest BCUT2D eigenvalue weighted by atomic mass is 10.2. The second kappa shape index (κ2) is 9.21. The van der Waals surface area contributed by atoms with Gasteiger partial charge in [0.25, 0.3) is 0 Å². The standard InChI is InChI=1S/C18H20Cl2N6S/c1-13-16(20)12-25(23-13)9-4-8-21-18(27)22-17-7-10-26(24-17)11-14-5-2-3-6-15(14)19/h2-3,5-7,10,12H,4,8-9,11H2,1H3,(H2,21,22,24,27). The van der Waals surface area contributed by atoms with E-state index in [1.165, 1.54) is 0 Å². The van der Waals surface area contributed by atoms with E-state index in [1.807, 2.05) is 59.0 Å². The number of thiocarbonyl (C=S) groups is 1. The van der Waals surface area contributed by atoms with Crippen molar-refractivity contribution in [2.45, 2.75) is 26.4 Å². The molecule has 0 aliphatic rings. The predicted octanol–water partition coefficient (Wildman–Crippen LogP) is 4.12. The highest BCUT2D eigenvalue weighted by Gasteiger charge is 2.05. The van der Waals surface area contributed by atoms with E-state index in [4.69, 9.17) is 35.4 Å². The SMILES string of the molecule is Cc1nn(CCCNC(=S)Nc2ccn(Cc3ccccc3Cl)n2)cc1Cl. The average molecular weight is 423 g/mol. The molecule has 3 aromatic rings. The lowest BCUT2D eigenvalue weighted by Crippen LogP contribution is -2.30. The van der Waals surface area contributed by atoms with Crippen molar-refractivity contribution < 1.29 is 0 Å². The van der Waals surface area contributed by atoms with Crippen LogP contribution in [0.15, 0.2) is 42.7 Å². The molecule has 0 spiro atoms. The van der Waals surface area contributed by atoms with Crippen LogP contribution in [0.3, 0.4) is 0 Å². The first-order valence-corrected chi connectivity index (χ1v) is 9.69. The van der Waals surface area contributed by atoms with E-state index >= 15 is 0 Å². The lowest BCUT2D eigenvalue weighted by Gasteiger charge is -2.09. The summed E-state index contributed by atoms with van der Waals surface area (Å²) < 4.78 is 3.65. The summed E-state index contributed by atoms with van der Waals surface area (Å²) in [5, 5.41) is 17.0. The Bertz CT molecular complexity index is 901. The van der Waals surface area contributed by atoms with Crippen molar-refractivity contribution in [3.63, 3.8) is 0 Å². The monoisotopic (exact) mass is 422 g/mol. The summed E-state index contributed by atoms with van der Waals surface area (Å²) in [4.78, 5) is 0. The van der Waals surface area contributed by atoms with Crippen LogP contribution in [0.25, 0.3) is 0 Å². The maximum Gasteiger partial charge on any atom is 0.171 e. The second-order valence-corrected chi connectivity index (χ2v) is 7.27. The number of rotatable bonds is 7. The van der Waals surface area contributed by atoms with Gasteiger partial charge in [0.1, 0.15) is 0 Å². The molecule has 6 nitrogen and oxygen atoms in total. The van der Waals surface area contributed by atoms with Crippen LogP contribution in [0, 0.1) is 6.92 Å². The molecule has 3 rings (SSSR count). The molecular formula is C18H20Cl2N6S. The highest BCUT2D eigenvalue weighted by atomic mass is 35.5. The fourth-order valence-electron chi connectivity index (χ4n) is 2.53. The highest BCUT2D eigenvalue weighted by Crippen LogP contribution is 2.16. The fourth-order valence-corrected chi connectivity index (χ4v) is 3.08. The predicted molar refractivity (Wildman–Crippen MR) is 114 cm³/mol. The zero-order valence-corrected chi connectivity index (χ0v) is 17.2. The maximum atomic E-state index is 6.19. The number of benzene rings is 1.